The number of nitrogens with two attached hydrogens (primary N) is 1. The van der Waals surface area contributed by atoms with E-state index in [2.05, 4.69) is 10.6 Å². The van der Waals surface area contributed by atoms with Crippen molar-refractivity contribution in [2.24, 2.45) is 18.7 Å². The highest BCUT2D eigenvalue weighted by Gasteiger charge is 2.17. The van der Waals surface area contributed by atoms with Gasteiger partial charge in [0.25, 0.3) is 0 Å². The van der Waals surface area contributed by atoms with Crippen LogP contribution < -0.4 is 22.1 Å². The highest BCUT2D eigenvalue weighted by molar-refractivity contribution is 5.96. The van der Waals surface area contributed by atoms with Crippen LogP contribution in [0.2, 0.25) is 0 Å². The molecule has 1 atom stereocenters. The zero-order valence-electron chi connectivity index (χ0n) is 13.7. The Morgan fingerprint density at radius 2 is 2.00 bits per heavy atom. The third-order valence-electron chi connectivity index (χ3n) is 3.52. The van der Waals surface area contributed by atoms with E-state index >= 15 is 0 Å². The molecule has 0 fully saturated rings. The van der Waals surface area contributed by atoms with Gasteiger partial charge < -0.3 is 20.8 Å². The summed E-state index contributed by atoms with van der Waals surface area (Å²) in [6.07, 6.45) is 0. The number of fused-ring (bicyclic) bond motifs is 1. The minimum absolute atomic E-state index is 0. The SMILES string of the molecule is CC(C)[C@H](N)C(=O)NCC(=O)Nc1ccc2oc(=O)n(C)c2c1.Cl. The molecule has 0 aliphatic rings. The van der Waals surface area contributed by atoms with Gasteiger partial charge in [0.15, 0.2) is 5.58 Å². The number of rotatable bonds is 5. The molecule has 132 valence electrons. The second-order valence-electron chi connectivity index (χ2n) is 5.65. The molecule has 0 aliphatic heterocycles. The number of hydrogen-bond acceptors (Lipinski definition) is 5. The van der Waals surface area contributed by atoms with Crippen molar-refractivity contribution in [2.45, 2.75) is 19.9 Å². The average molecular weight is 357 g/mol. The summed E-state index contributed by atoms with van der Waals surface area (Å²) in [5, 5.41) is 5.13. The number of benzene rings is 1. The maximum absolute atomic E-state index is 11.9. The summed E-state index contributed by atoms with van der Waals surface area (Å²) >= 11 is 0. The number of halogens is 1. The minimum Gasteiger partial charge on any atom is -0.408 e. The fourth-order valence-corrected chi connectivity index (χ4v) is 2.00. The molecule has 0 radical (unpaired) electrons. The van der Waals surface area contributed by atoms with E-state index in [-0.39, 0.29) is 36.7 Å². The Labute approximate surface area is 144 Å². The Balaban J connectivity index is 0.00000288. The summed E-state index contributed by atoms with van der Waals surface area (Å²) in [7, 11) is 1.58. The van der Waals surface area contributed by atoms with Gasteiger partial charge in [0.1, 0.15) is 0 Å². The van der Waals surface area contributed by atoms with Gasteiger partial charge in [0, 0.05) is 12.7 Å². The van der Waals surface area contributed by atoms with Crippen molar-refractivity contribution >= 4 is 41.0 Å². The molecule has 0 saturated carbocycles. The van der Waals surface area contributed by atoms with Crippen LogP contribution in [0.1, 0.15) is 13.8 Å². The molecular formula is C15H21ClN4O4. The predicted molar refractivity (Wildman–Crippen MR) is 93.2 cm³/mol. The molecule has 1 heterocycles. The summed E-state index contributed by atoms with van der Waals surface area (Å²) in [4.78, 5) is 35.0. The zero-order valence-corrected chi connectivity index (χ0v) is 14.5. The molecule has 0 bridgehead atoms. The molecule has 2 amide bonds. The van der Waals surface area contributed by atoms with Crippen LogP contribution in [-0.2, 0) is 16.6 Å². The third-order valence-corrected chi connectivity index (χ3v) is 3.52. The van der Waals surface area contributed by atoms with Crippen LogP contribution in [0.15, 0.2) is 27.4 Å². The Morgan fingerprint density at radius 1 is 1.33 bits per heavy atom. The van der Waals surface area contributed by atoms with E-state index in [9.17, 15) is 14.4 Å². The fourth-order valence-electron chi connectivity index (χ4n) is 2.00. The lowest BCUT2D eigenvalue weighted by molar-refractivity contribution is -0.125. The first-order valence-corrected chi connectivity index (χ1v) is 7.22. The second-order valence-corrected chi connectivity index (χ2v) is 5.65. The van der Waals surface area contributed by atoms with Crippen LogP contribution in [0.4, 0.5) is 5.69 Å². The van der Waals surface area contributed by atoms with Gasteiger partial charge in [-0.25, -0.2) is 4.79 Å². The number of carbonyl (C=O) groups is 2. The monoisotopic (exact) mass is 356 g/mol. The first-order valence-electron chi connectivity index (χ1n) is 7.22. The molecule has 2 rings (SSSR count). The lowest BCUT2D eigenvalue weighted by atomic mass is 10.1. The molecule has 0 spiro atoms. The van der Waals surface area contributed by atoms with Gasteiger partial charge in [0.05, 0.1) is 18.1 Å². The largest absolute Gasteiger partial charge is 0.419 e. The van der Waals surface area contributed by atoms with Crippen LogP contribution in [0.3, 0.4) is 0 Å². The number of nitrogens with one attached hydrogen (secondary N) is 2. The Morgan fingerprint density at radius 3 is 2.62 bits per heavy atom. The third kappa shape index (κ3) is 4.36. The lowest BCUT2D eigenvalue weighted by Crippen LogP contribution is -2.46. The molecule has 9 heteroatoms. The quantitative estimate of drug-likeness (QED) is 0.724. The normalized spacial score (nSPS) is 11.9. The Kier molecular flexibility index (Phi) is 6.56. The van der Waals surface area contributed by atoms with E-state index in [1.165, 1.54) is 4.57 Å². The van der Waals surface area contributed by atoms with Gasteiger partial charge >= 0.3 is 5.76 Å². The van der Waals surface area contributed by atoms with E-state index in [0.29, 0.717) is 16.8 Å². The number of aryl methyl sites for hydroxylation is 1. The molecule has 0 saturated heterocycles. The van der Waals surface area contributed by atoms with Crippen molar-refractivity contribution in [3.63, 3.8) is 0 Å². The summed E-state index contributed by atoms with van der Waals surface area (Å²) in [5.41, 5.74) is 7.20. The van der Waals surface area contributed by atoms with Gasteiger partial charge in [0.2, 0.25) is 11.8 Å². The fraction of sp³-hybridized carbons (Fsp3) is 0.400. The van der Waals surface area contributed by atoms with Crippen molar-refractivity contribution < 1.29 is 14.0 Å². The minimum atomic E-state index is -0.653. The highest BCUT2D eigenvalue weighted by atomic mass is 35.5. The zero-order chi connectivity index (χ0) is 17.1. The maximum Gasteiger partial charge on any atom is 0.419 e. The van der Waals surface area contributed by atoms with Gasteiger partial charge in [-0.05, 0) is 24.1 Å². The maximum atomic E-state index is 11.9. The van der Waals surface area contributed by atoms with E-state index in [4.69, 9.17) is 10.2 Å². The number of nitrogens with zero attached hydrogens (tertiary/aromatic N) is 1. The summed E-state index contributed by atoms with van der Waals surface area (Å²) < 4.78 is 6.35. The molecule has 2 aromatic rings. The van der Waals surface area contributed by atoms with Crippen LogP contribution in [0, 0.1) is 5.92 Å². The average Bonchev–Trinajstić information content (AvgIpc) is 2.79. The summed E-state index contributed by atoms with van der Waals surface area (Å²) in [6.45, 7) is 3.48. The van der Waals surface area contributed by atoms with Crippen LogP contribution in [0.5, 0.6) is 0 Å². The molecule has 4 N–H and O–H groups in total. The molecule has 8 nitrogen and oxygen atoms in total. The van der Waals surface area contributed by atoms with Crippen molar-refractivity contribution in [2.75, 3.05) is 11.9 Å². The number of aromatic nitrogens is 1. The second kappa shape index (κ2) is 7.98. The highest BCUT2D eigenvalue weighted by Crippen LogP contribution is 2.17. The van der Waals surface area contributed by atoms with Gasteiger partial charge in [-0.1, -0.05) is 13.8 Å². The Bertz CT molecular complexity index is 796. The first kappa shape index (κ1) is 19.7. The van der Waals surface area contributed by atoms with Gasteiger partial charge in [-0.3, -0.25) is 14.2 Å². The van der Waals surface area contributed by atoms with Crippen LogP contribution in [-0.4, -0.2) is 29.0 Å². The Hall–Kier alpha value is -2.32. The topological polar surface area (TPSA) is 119 Å². The number of anilines is 1. The molecule has 1 aromatic carbocycles. The standard InChI is InChI=1S/C15H20N4O4.ClH/c1-8(2)13(16)14(21)17-7-12(20)18-9-4-5-11-10(6-9)19(3)15(22)23-11;/h4-6,8,13H,7,16H2,1-3H3,(H,17,21)(H,18,20);1H/t13-;/m0./s1. The van der Waals surface area contributed by atoms with Crippen molar-refractivity contribution in [1.29, 1.82) is 0 Å². The lowest BCUT2D eigenvalue weighted by Gasteiger charge is -2.15. The summed E-state index contributed by atoms with van der Waals surface area (Å²) in [5.74, 6) is -1.24. The number of carbonyl (C=O) groups excluding carboxylic acids is 2. The predicted octanol–water partition coefficient (Wildman–Crippen LogP) is 0.591. The number of amides is 2. The van der Waals surface area contributed by atoms with Gasteiger partial charge in [-0.15, -0.1) is 12.4 Å². The molecule has 0 unspecified atom stereocenters. The smallest absolute Gasteiger partial charge is 0.408 e. The van der Waals surface area contributed by atoms with Crippen molar-refractivity contribution in [1.82, 2.24) is 9.88 Å². The number of hydrogen-bond donors (Lipinski definition) is 3. The van der Waals surface area contributed by atoms with E-state index in [0.717, 1.165) is 0 Å². The molecular weight excluding hydrogens is 336 g/mol. The van der Waals surface area contributed by atoms with E-state index in [1.807, 2.05) is 13.8 Å². The number of oxazole rings is 1. The van der Waals surface area contributed by atoms with Crippen molar-refractivity contribution in [3.8, 4) is 0 Å². The molecule has 0 aliphatic carbocycles. The van der Waals surface area contributed by atoms with E-state index < -0.39 is 11.8 Å². The molecule has 1 aromatic heterocycles. The van der Waals surface area contributed by atoms with Crippen molar-refractivity contribution in [3.05, 3.63) is 28.7 Å². The van der Waals surface area contributed by atoms with Gasteiger partial charge in [-0.2, -0.15) is 0 Å². The molecule has 24 heavy (non-hydrogen) atoms. The van der Waals surface area contributed by atoms with E-state index in [1.54, 1.807) is 25.2 Å². The van der Waals surface area contributed by atoms with Crippen LogP contribution in [0.25, 0.3) is 11.1 Å². The summed E-state index contributed by atoms with van der Waals surface area (Å²) in [6, 6.07) is 4.18. The van der Waals surface area contributed by atoms with Crippen LogP contribution >= 0.6 is 12.4 Å². The first-order chi connectivity index (χ1) is 10.8.